The van der Waals surface area contributed by atoms with Crippen molar-refractivity contribution in [3.05, 3.63) is 82.1 Å². The number of hydrogen-bond donors (Lipinski definition) is 0. The van der Waals surface area contributed by atoms with E-state index in [-0.39, 0.29) is 23.9 Å². The first kappa shape index (κ1) is 27.1. The maximum absolute atomic E-state index is 14.3. The number of aryl methyl sites for hydroxylation is 1. The molecule has 3 aromatic heterocycles. The Labute approximate surface area is 234 Å². The average molecular weight is 569 g/mol. The Morgan fingerprint density at radius 2 is 1.93 bits per heavy atom. The Morgan fingerprint density at radius 3 is 2.59 bits per heavy atom. The quantitative estimate of drug-likeness (QED) is 0.334. The number of fused-ring (bicyclic) bond motifs is 1. The summed E-state index contributed by atoms with van der Waals surface area (Å²) in [5.41, 5.74) is 0.0762. The van der Waals surface area contributed by atoms with Gasteiger partial charge < -0.3 is 14.2 Å². The van der Waals surface area contributed by atoms with Crippen LogP contribution in [0.4, 0.5) is 18.0 Å². The van der Waals surface area contributed by atoms with Crippen molar-refractivity contribution >= 4 is 11.6 Å². The van der Waals surface area contributed by atoms with Crippen molar-refractivity contribution in [2.75, 3.05) is 20.2 Å². The monoisotopic (exact) mass is 568 g/mol. The zero-order valence-electron chi connectivity index (χ0n) is 22.8. The fraction of sp³-hybridized carbons (Fsp3) is 0.448. The van der Waals surface area contributed by atoms with Crippen molar-refractivity contribution < 1.29 is 22.7 Å². The second-order valence-corrected chi connectivity index (χ2v) is 11.0. The molecule has 2 aliphatic rings. The SMILES string of the molecule is COC(=O)N1CCC[C@H](c2cc(C(F)(F)F)c3cn(-c4cccc([C@H](c5nncn5C)C5CCC5)c4)c(=O)n3c2)C1. The second kappa shape index (κ2) is 10.4. The molecule has 2 atom stereocenters. The summed E-state index contributed by atoms with van der Waals surface area (Å²) >= 11 is 0. The van der Waals surface area contributed by atoms with Crippen LogP contribution in [0.2, 0.25) is 0 Å². The smallest absolute Gasteiger partial charge is 0.418 e. The van der Waals surface area contributed by atoms with Crippen LogP contribution in [-0.4, -0.2) is 54.9 Å². The molecule has 12 heteroatoms. The first-order valence-corrected chi connectivity index (χ1v) is 13.8. The number of halogens is 3. The van der Waals surface area contributed by atoms with Crippen molar-refractivity contribution in [2.24, 2.45) is 13.0 Å². The molecule has 4 aromatic rings. The van der Waals surface area contributed by atoms with Crippen LogP contribution in [0.3, 0.4) is 0 Å². The molecule has 0 unspecified atom stereocenters. The van der Waals surface area contributed by atoms with Crippen LogP contribution in [0.15, 0.2) is 53.8 Å². The van der Waals surface area contributed by atoms with Crippen molar-refractivity contribution in [1.82, 2.24) is 28.6 Å². The summed E-state index contributed by atoms with van der Waals surface area (Å²) < 4.78 is 52.1. The van der Waals surface area contributed by atoms with Gasteiger partial charge in [0.2, 0.25) is 0 Å². The van der Waals surface area contributed by atoms with Crippen LogP contribution in [0.25, 0.3) is 11.2 Å². The van der Waals surface area contributed by atoms with E-state index in [1.165, 1.54) is 29.0 Å². The lowest BCUT2D eigenvalue weighted by molar-refractivity contribution is -0.136. The number of aromatic nitrogens is 5. The molecular formula is C29H31F3N6O3. The van der Waals surface area contributed by atoms with Gasteiger partial charge >= 0.3 is 18.0 Å². The number of methoxy groups -OCH3 is 1. The van der Waals surface area contributed by atoms with E-state index in [4.69, 9.17) is 4.74 Å². The van der Waals surface area contributed by atoms with E-state index in [9.17, 15) is 22.8 Å². The number of carbonyl (C=O) groups is 1. The van der Waals surface area contributed by atoms with Crippen LogP contribution in [0.1, 0.15) is 66.5 Å². The normalized spacial score (nSPS) is 18.9. The largest absolute Gasteiger partial charge is 0.453 e. The van der Waals surface area contributed by atoms with Gasteiger partial charge in [-0.2, -0.15) is 13.2 Å². The van der Waals surface area contributed by atoms with Gasteiger partial charge in [0, 0.05) is 44.4 Å². The molecular weight excluding hydrogens is 537 g/mol. The molecule has 0 radical (unpaired) electrons. The molecule has 1 aromatic carbocycles. The average Bonchev–Trinajstić information content (AvgIpc) is 3.51. The summed E-state index contributed by atoms with van der Waals surface area (Å²) in [6.07, 6.45) is 3.64. The summed E-state index contributed by atoms with van der Waals surface area (Å²) in [6.45, 7) is 0.692. The van der Waals surface area contributed by atoms with E-state index in [2.05, 4.69) is 10.2 Å². The summed E-state index contributed by atoms with van der Waals surface area (Å²) in [5.74, 6) is 0.794. The predicted octanol–water partition coefficient (Wildman–Crippen LogP) is 5.12. The highest BCUT2D eigenvalue weighted by Crippen LogP contribution is 2.43. The van der Waals surface area contributed by atoms with Crippen molar-refractivity contribution in [2.45, 2.75) is 50.1 Å². The van der Waals surface area contributed by atoms with Crippen molar-refractivity contribution in [3.63, 3.8) is 0 Å². The van der Waals surface area contributed by atoms with Gasteiger partial charge in [-0.3, -0.25) is 8.97 Å². The maximum atomic E-state index is 14.3. The van der Waals surface area contributed by atoms with Gasteiger partial charge in [0.1, 0.15) is 12.2 Å². The van der Waals surface area contributed by atoms with Crippen LogP contribution >= 0.6 is 0 Å². The van der Waals surface area contributed by atoms with E-state index < -0.39 is 23.5 Å². The number of amides is 1. The Morgan fingerprint density at radius 1 is 1.12 bits per heavy atom. The highest BCUT2D eigenvalue weighted by molar-refractivity contribution is 5.67. The maximum Gasteiger partial charge on any atom is 0.418 e. The van der Waals surface area contributed by atoms with E-state index in [1.807, 2.05) is 29.8 Å². The summed E-state index contributed by atoms with van der Waals surface area (Å²) in [4.78, 5) is 27.2. The van der Waals surface area contributed by atoms with Gasteiger partial charge in [0.05, 0.1) is 23.9 Å². The Hall–Kier alpha value is -4.09. The fourth-order valence-corrected chi connectivity index (χ4v) is 6.24. The molecule has 0 spiro atoms. The number of ether oxygens (including phenoxy) is 1. The van der Waals surface area contributed by atoms with Crippen LogP contribution in [0, 0.1) is 5.92 Å². The number of carbonyl (C=O) groups excluding carboxylic acids is 1. The number of piperidine rings is 1. The van der Waals surface area contributed by atoms with Crippen LogP contribution in [-0.2, 0) is 18.0 Å². The lowest BCUT2D eigenvalue weighted by atomic mass is 9.72. The Bertz CT molecular complexity index is 1650. The molecule has 0 N–H and O–H groups in total. The van der Waals surface area contributed by atoms with Gasteiger partial charge in [0.25, 0.3) is 0 Å². The fourth-order valence-electron chi connectivity index (χ4n) is 6.24. The molecule has 0 bridgehead atoms. The molecule has 216 valence electrons. The third-order valence-electron chi connectivity index (χ3n) is 8.57. The third kappa shape index (κ3) is 4.89. The standard InChI is InChI=1S/C29H31F3N6O3/c1-35-17-33-34-26(35)25(18-6-3-7-18)19-8-4-10-22(12-19)37-16-24-23(29(30,31)32)13-21(15-38(24)27(37)39)20-9-5-11-36(14-20)28(40)41-2/h4,8,10,12-13,15-18,20,25H,3,5-7,9,11,14H2,1-2H3/t20-,25+/m0/s1. The molecule has 1 aliphatic heterocycles. The molecule has 41 heavy (non-hydrogen) atoms. The minimum absolute atomic E-state index is 0.0367. The van der Waals surface area contributed by atoms with Crippen LogP contribution in [0.5, 0.6) is 0 Å². The highest BCUT2D eigenvalue weighted by Gasteiger charge is 2.37. The van der Waals surface area contributed by atoms with Gasteiger partial charge in [-0.1, -0.05) is 18.6 Å². The van der Waals surface area contributed by atoms with E-state index in [1.54, 1.807) is 12.4 Å². The lowest BCUT2D eigenvalue weighted by Gasteiger charge is -2.33. The van der Waals surface area contributed by atoms with Gasteiger partial charge in [-0.15, -0.1) is 10.2 Å². The molecule has 2 fully saturated rings. The van der Waals surface area contributed by atoms with Gasteiger partial charge in [-0.25, -0.2) is 9.59 Å². The van der Waals surface area contributed by atoms with Crippen molar-refractivity contribution in [1.29, 1.82) is 0 Å². The Balaban J connectivity index is 1.44. The van der Waals surface area contributed by atoms with Gasteiger partial charge in [-0.05, 0) is 60.9 Å². The molecule has 9 nitrogen and oxygen atoms in total. The Kier molecular flexibility index (Phi) is 6.87. The molecule has 4 heterocycles. The summed E-state index contributed by atoms with van der Waals surface area (Å²) in [6, 6.07) is 8.49. The number of nitrogens with zero attached hydrogens (tertiary/aromatic N) is 6. The first-order valence-electron chi connectivity index (χ1n) is 13.8. The predicted molar refractivity (Wildman–Crippen MR) is 144 cm³/mol. The third-order valence-corrected chi connectivity index (χ3v) is 8.57. The van der Waals surface area contributed by atoms with Gasteiger partial charge in [0.15, 0.2) is 0 Å². The van der Waals surface area contributed by atoms with E-state index in [0.29, 0.717) is 36.6 Å². The zero-order chi connectivity index (χ0) is 28.9. The number of imidazole rings is 1. The van der Waals surface area contributed by atoms with Crippen LogP contribution < -0.4 is 5.69 Å². The minimum atomic E-state index is -4.68. The number of pyridine rings is 1. The highest BCUT2D eigenvalue weighted by atomic mass is 19.4. The van der Waals surface area contributed by atoms with E-state index >= 15 is 0 Å². The first-order chi connectivity index (χ1) is 19.7. The molecule has 6 rings (SSSR count). The number of benzene rings is 1. The molecule has 1 amide bonds. The minimum Gasteiger partial charge on any atom is -0.453 e. The number of likely N-dealkylation sites (tertiary alicyclic amines) is 1. The molecule has 1 saturated heterocycles. The molecule has 1 aliphatic carbocycles. The number of hydrogen-bond acceptors (Lipinski definition) is 5. The number of rotatable bonds is 5. The lowest BCUT2D eigenvalue weighted by Crippen LogP contribution is -2.39. The zero-order valence-corrected chi connectivity index (χ0v) is 22.8. The topological polar surface area (TPSA) is 86.7 Å². The second-order valence-electron chi connectivity index (χ2n) is 11.0. The van der Waals surface area contributed by atoms with E-state index in [0.717, 1.165) is 41.1 Å². The summed E-state index contributed by atoms with van der Waals surface area (Å²) in [5, 5.41) is 8.40. The summed E-state index contributed by atoms with van der Waals surface area (Å²) in [7, 11) is 3.17. The number of alkyl halides is 3. The molecule has 1 saturated carbocycles. The van der Waals surface area contributed by atoms with Crippen molar-refractivity contribution in [3.8, 4) is 5.69 Å².